The maximum absolute atomic E-state index is 12.9. The van der Waals surface area contributed by atoms with Crippen LogP contribution in [-0.2, 0) is 4.79 Å². The molecular weight excluding hydrogens is 356 g/mol. The van der Waals surface area contributed by atoms with Gasteiger partial charge in [-0.15, -0.1) is 11.3 Å². The quantitative estimate of drug-likeness (QED) is 0.766. The summed E-state index contributed by atoms with van der Waals surface area (Å²) in [5.74, 6) is 0.893. The molecule has 27 heavy (non-hydrogen) atoms. The zero-order valence-corrected chi connectivity index (χ0v) is 16.2. The van der Waals surface area contributed by atoms with Crippen LogP contribution in [0, 0.1) is 18.8 Å². The minimum Gasteiger partial charge on any atom is -0.348 e. The van der Waals surface area contributed by atoms with Gasteiger partial charge < -0.3 is 10.6 Å². The van der Waals surface area contributed by atoms with Gasteiger partial charge >= 0.3 is 0 Å². The highest BCUT2D eigenvalue weighted by Gasteiger charge is 2.40. The number of thiophene rings is 1. The summed E-state index contributed by atoms with van der Waals surface area (Å²) in [5.41, 5.74) is 1.95. The maximum atomic E-state index is 12.9. The molecule has 0 saturated heterocycles. The molecule has 2 saturated carbocycles. The summed E-state index contributed by atoms with van der Waals surface area (Å²) in [7, 11) is 0. The molecule has 3 atom stereocenters. The van der Waals surface area contributed by atoms with Gasteiger partial charge in [-0.25, -0.2) is 0 Å². The highest BCUT2D eigenvalue weighted by atomic mass is 32.1. The third kappa shape index (κ3) is 4.14. The van der Waals surface area contributed by atoms with Gasteiger partial charge in [0.1, 0.15) is 5.70 Å². The molecule has 4 nitrogen and oxygen atoms in total. The fourth-order valence-corrected chi connectivity index (χ4v) is 4.90. The van der Waals surface area contributed by atoms with E-state index in [0.29, 0.717) is 17.2 Å². The monoisotopic (exact) mass is 380 g/mol. The lowest BCUT2D eigenvalue weighted by molar-refractivity contribution is -0.118. The Bertz CT molecular complexity index is 855. The number of amides is 2. The number of aryl methyl sites for hydroxylation is 1. The molecule has 2 aliphatic carbocycles. The van der Waals surface area contributed by atoms with Crippen molar-refractivity contribution in [2.45, 2.75) is 38.6 Å². The fourth-order valence-electron chi connectivity index (χ4n) is 4.24. The summed E-state index contributed by atoms with van der Waals surface area (Å²) >= 11 is 1.54. The largest absolute Gasteiger partial charge is 0.348 e. The summed E-state index contributed by atoms with van der Waals surface area (Å²) in [6.45, 7) is 1.98. The van der Waals surface area contributed by atoms with Gasteiger partial charge in [-0.2, -0.15) is 0 Å². The topological polar surface area (TPSA) is 58.2 Å². The Balaban J connectivity index is 1.51. The Hall–Kier alpha value is -2.40. The molecule has 2 bridgehead atoms. The number of hydrogen-bond donors (Lipinski definition) is 2. The van der Waals surface area contributed by atoms with Crippen molar-refractivity contribution in [3.63, 3.8) is 0 Å². The van der Waals surface area contributed by atoms with Crippen molar-refractivity contribution in [2.24, 2.45) is 11.8 Å². The molecule has 0 radical (unpaired) electrons. The van der Waals surface area contributed by atoms with Gasteiger partial charge in [-0.3, -0.25) is 9.59 Å². The van der Waals surface area contributed by atoms with Crippen LogP contribution in [0.3, 0.4) is 0 Å². The van der Waals surface area contributed by atoms with Crippen LogP contribution in [0.25, 0.3) is 6.08 Å². The lowest BCUT2D eigenvalue weighted by atomic mass is 9.95. The minimum absolute atomic E-state index is 0.193. The van der Waals surface area contributed by atoms with E-state index in [9.17, 15) is 9.59 Å². The van der Waals surface area contributed by atoms with E-state index in [0.717, 1.165) is 22.8 Å². The summed E-state index contributed by atoms with van der Waals surface area (Å²) < 4.78 is 0. The summed E-state index contributed by atoms with van der Waals surface area (Å²) in [4.78, 5) is 26.5. The summed E-state index contributed by atoms with van der Waals surface area (Å²) in [6.07, 6.45) is 6.55. The van der Waals surface area contributed by atoms with Crippen LogP contribution in [0.4, 0.5) is 0 Å². The molecule has 1 heterocycles. The van der Waals surface area contributed by atoms with E-state index < -0.39 is 0 Å². The average molecular weight is 381 g/mol. The number of rotatable bonds is 5. The molecule has 5 heteroatoms. The van der Waals surface area contributed by atoms with Gasteiger partial charge in [0.25, 0.3) is 11.8 Å². The number of fused-ring (bicyclic) bond motifs is 2. The highest BCUT2D eigenvalue weighted by Crippen LogP contribution is 2.44. The van der Waals surface area contributed by atoms with Gasteiger partial charge in [0.05, 0.1) is 0 Å². The van der Waals surface area contributed by atoms with Crippen molar-refractivity contribution in [3.05, 3.63) is 63.5 Å². The molecule has 1 aromatic heterocycles. The molecule has 2 aromatic rings. The molecule has 1 aromatic carbocycles. The van der Waals surface area contributed by atoms with E-state index in [1.165, 1.54) is 19.3 Å². The number of carbonyl (C=O) groups excluding carboxylic acids is 2. The third-order valence-electron chi connectivity index (χ3n) is 5.69. The minimum atomic E-state index is -0.263. The molecule has 0 spiro atoms. The lowest BCUT2D eigenvalue weighted by Crippen LogP contribution is -2.42. The lowest BCUT2D eigenvalue weighted by Gasteiger charge is -2.23. The van der Waals surface area contributed by atoms with Crippen LogP contribution >= 0.6 is 11.3 Å². The Morgan fingerprint density at radius 2 is 1.93 bits per heavy atom. The van der Waals surface area contributed by atoms with Crippen molar-refractivity contribution in [2.75, 3.05) is 0 Å². The molecular formula is C22H24N2O2S. The van der Waals surface area contributed by atoms with Crippen molar-refractivity contribution >= 4 is 29.2 Å². The fraction of sp³-hybridized carbons (Fsp3) is 0.364. The van der Waals surface area contributed by atoms with Crippen LogP contribution in [0.1, 0.15) is 46.5 Å². The van der Waals surface area contributed by atoms with E-state index in [1.54, 1.807) is 29.5 Å². The van der Waals surface area contributed by atoms with E-state index in [2.05, 4.69) is 10.6 Å². The van der Waals surface area contributed by atoms with Gasteiger partial charge in [0, 0.05) is 16.5 Å². The molecule has 2 aliphatic rings. The Labute approximate surface area is 163 Å². The first-order chi connectivity index (χ1) is 13.1. The SMILES string of the molecule is Cc1ccc(C(=O)N/C(=C\c2cccs2)C(=O)N[C@H]2C[C@@H]3CC[C@@H]2C3)cc1. The van der Waals surface area contributed by atoms with Gasteiger partial charge in [0.2, 0.25) is 0 Å². The smallest absolute Gasteiger partial charge is 0.268 e. The first kappa shape index (κ1) is 18.0. The van der Waals surface area contributed by atoms with E-state index in [-0.39, 0.29) is 17.9 Å². The second kappa shape index (κ2) is 7.69. The van der Waals surface area contributed by atoms with Crippen LogP contribution in [0.5, 0.6) is 0 Å². The number of hydrogen-bond acceptors (Lipinski definition) is 3. The Morgan fingerprint density at radius 1 is 1.11 bits per heavy atom. The van der Waals surface area contributed by atoms with Crippen molar-refractivity contribution < 1.29 is 9.59 Å². The highest BCUT2D eigenvalue weighted by molar-refractivity contribution is 7.10. The van der Waals surface area contributed by atoms with E-state index in [4.69, 9.17) is 0 Å². The van der Waals surface area contributed by atoms with Crippen LogP contribution in [0.2, 0.25) is 0 Å². The predicted molar refractivity (Wildman–Crippen MR) is 108 cm³/mol. The molecule has 4 rings (SSSR count). The number of carbonyl (C=O) groups is 2. The Kier molecular flexibility index (Phi) is 5.12. The third-order valence-corrected chi connectivity index (χ3v) is 6.51. The van der Waals surface area contributed by atoms with Crippen molar-refractivity contribution in [1.29, 1.82) is 0 Å². The number of nitrogens with one attached hydrogen (secondary N) is 2. The average Bonchev–Trinajstić information content (AvgIpc) is 3.40. The van der Waals surface area contributed by atoms with Crippen molar-refractivity contribution in [3.8, 4) is 0 Å². The maximum Gasteiger partial charge on any atom is 0.268 e. The molecule has 0 aliphatic heterocycles. The molecule has 140 valence electrons. The summed E-state index contributed by atoms with van der Waals surface area (Å²) in [5, 5.41) is 7.95. The van der Waals surface area contributed by atoms with Crippen LogP contribution < -0.4 is 10.6 Å². The first-order valence-corrected chi connectivity index (χ1v) is 10.4. The van der Waals surface area contributed by atoms with Gasteiger partial charge in [-0.1, -0.05) is 30.2 Å². The first-order valence-electron chi connectivity index (χ1n) is 9.52. The van der Waals surface area contributed by atoms with E-state index in [1.807, 2.05) is 36.6 Å². The van der Waals surface area contributed by atoms with E-state index >= 15 is 0 Å². The predicted octanol–water partition coefficient (Wildman–Crippen LogP) is 4.13. The zero-order valence-electron chi connectivity index (χ0n) is 15.4. The van der Waals surface area contributed by atoms with Crippen LogP contribution in [0.15, 0.2) is 47.5 Å². The molecule has 2 fully saturated rings. The molecule has 2 amide bonds. The van der Waals surface area contributed by atoms with Gasteiger partial charge in [-0.05, 0) is 67.7 Å². The zero-order chi connectivity index (χ0) is 18.8. The second-order valence-electron chi connectivity index (χ2n) is 7.65. The molecule has 0 unspecified atom stereocenters. The standard InChI is InChI=1S/C22H24N2O2S/c1-14-4-7-16(8-5-14)21(25)24-20(13-18-3-2-10-27-18)22(26)23-19-12-15-6-9-17(19)11-15/h2-5,7-8,10,13,15,17,19H,6,9,11-12H2,1H3,(H,23,26)(H,24,25)/b20-13-/t15-,17-,19+/m1/s1. The van der Waals surface area contributed by atoms with Crippen molar-refractivity contribution in [1.82, 2.24) is 10.6 Å². The second-order valence-corrected chi connectivity index (χ2v) is 8.63. The van der Waals surface area contributed by atoms with Crippen LogP contribution in [-0.4, -0.2) is 17.9 Å². The number of benzene rings is 1. The van der Waals surface area contributed by atoms with Gasteiger partial charge in [0.15, 0.2) is 0 Å². The summed E-state index contributed by atoms with van der Waals surface area (Å²) in [6, 6.07) is 11.5. The molecule has 2 N–H and O–H groups in total. The normalized spacial score (nSPS) is 24.0. The Morgan fingerprint density at radius 3 is 2.56 bits per heavy atom.